The minimum Gasteiger partial charge on any atom is -0.450 e. The number of nitrogens with one attached hydrogen (secondary N) is 2. The Bertz CT molecular complexity index is 466. The average molecular weight is 324 g/mol. The lowest BCUT2D eigenvalue weighted by molar-refractivity contribution is -0.123. The topological polar surface area (TPSA) is 67.4 Å². The van der Waals surface area contributed by atoms with E-state index in [1.54, 1.807) is 18.7 Å². The van der Waals surface area contributed by atoms with Gasteiger partial charge in [-0.05, 0) is 25.0 Å². The third kappa shape index (κ3) is 6.85. The first kappa shape index (κ1) is 18.4. The Morgan fingerprint density at radius 2 is 1.91 bits per heavy atom. The maximum Gasteiger partial charge on any atom is 0.407 e. The number of carbonyl (C=O) groups excluding carboxylic acids is 2. The fourth-order valence-electron chi connectivity index (χ4n) is 1.80. The van der Waals surface area contributed by atoms with Crippen molar-refractivity contribution in [2.75, 3.05) is 18.9 Å². The molecule has 0 unspecified atom stereocenters. The van der Waals surface area contributed by atoms with Gasteiger partial charge in [-0.2, -0.15) is 0 Å². The number of ether oxygens (including phenoxy) is 1. The van der Waals surface area contributed by atoms with Gasteiger partial charge in [0.2, 0.25) is 5.91 Å². The van der Waals surface area contributed by atoms with Crippen molar-refractivity contribution < 1.29 is 14.3 Å². The molecule has 0 aliphatic carbocycles. The molecule has 0 spiro atoms. The molecule has 1 aromatic rings. The van der Waals surface area contributed by atoms with Gasteiger partial charge in [-0.3, -0.25) is 4.79 Å². The molecule has 1 aromatic carbocycles. The molecule has 2 N–H and O–H groups in total. The van der Waals surface area contributed by atoms with Crippen molar-refractivity contribution in [3.8, 4) is 0 Å². The van der Waals surface area contributed by atoms with Crippen LogP contribution in [0.15, 0.2) is 35.2 Å². The van der Waals surface area contributed by atoms with E-state index >= 15 is 0 Å². The van der Waals surface area contributed by atoms with Crippen LogP contribution in [0.4, 0.5) is 4.79 Å². The van der Waals surface area contributed by atoms with Crippen LogP contribution in [0.5, 0.6) is 0 Å². The van der Waals surface area contributed by atoms with E-state index in [0.29, 0.717) is 6.54 Å². The largest absolute Gasteiger partial charge is 0.450 e. The zero-order chi connectivity index (χ0) is 16.4. The Balaban J connectivity index is 2.35. The third-order valence-electron chi connectivity index (χ3n) is 2.91. The minimum absolute atomic E-state index is 0.00816. The van der Waals surface area contributed by atoms with Crippen LogP contribution in [0.1, 0.15) is 20.8 Å². The number of thioether (sulfide) groups is 1. The molecule has 6 heteroatoms. The van der Waals surface area contributed by atoms with Gasteiger partial charge in [0.1, 0.15) is 6.04 Å². The molecule has 22 heavy (non-hydrogen) atoms. The molecule has 2 amide bonds. The molecule has 0 fully saturated rings. The van der Waals surface area contributed by atoms with Crippen LogP contribution >= 0.6 is 11.8 Å². The Kier molecular flexibility index (Phi) is 8.43. The highest BCUT2D eigenvalue weighted by Gasteiger charge is 2.24. The van der Waals surface area contributed by atoms with Gasteiger partial charge >= 0.3 is 6.09 Å². The molecular formula is C16H24N2O3S. The number of benzene rings is 1. The van der Waals surface area contributed by atoms with Crippen LogP contribution in [0.2, 0.25) is 0 Å². The van der Waals surface area contributed by atoms with Crippen LogP contribution in [0.3, 0.4) is 0 Å². The van der Waals surface area contributed by atoms with Gasteiger partial charge in [0, 0.05) is 17.2 Å². The van der Waals surface area contributed by atoms with Gasteiger partial charge < -0.3 is 15.4 Å². The standard InChI is InChI=1S/C16H24N2O3S/c1-4-21-16(20)18-14(12(2)3)15(19)17-10-11-22-13-8-6-5-7-9-13/h5-9,12,14H,4,10-11H2,1-3H3,(H,17,19)(H,18,20)/t14-/m0/s1. The summed E-state index contributed by atoms with van der Waals surface area (Å²) in [5, 5.41) is 5.45. The molecule has 0 aromatic heterocycles. The summed E-state index contributed by atoms with van der Waals surface area (Å²) in [6.45, 7) is 6.33. The summed E-state index contributed by atoms with van der Waals surface area (Å²) in [6, 6.07) is 9.43. The molecule has 0 saturated heterocycles. The maximum atomic E-state index is 12.1. The molecule has 0 heterocycles. The van der Waals surface area contributed by atoms with E-state index in [1.807, 2.05) is 44.2 Å². The van der Waals surface area contributed by atoms with Crippen molar-refractivity contribution in [1.29, 1.82) is 0 Å². The second kappa shape index (κ2) is 10.1. The second-order valence-electron chi connectivity index (χ2n) is 5.04. The van der Waals surface area contributed by atoms with Gasteiger partial charge in [0.15, 0.2) is 0 Å². The van der Waals surface area contributed by atoms with Crippen molar-refractivity contribution in [1.82, 2.24) is 10.6 Å². The summed E-state index contributed by atoms with van der Waals surface area (Å²) in [5.74, 6) is 0.586. The summed E-state index contributed by atoms with van der Waals surface area (Å²) in [5.41, 5.74) is 0. The fourth-order valence-corrected chi connectivity index (χ4v) is 2.59. The smallest absolute Gasteiger partial charge is 0.407 e. The van der Waals surface area contributed by atoms with Gasteiger partial charge in [0.05, 0.1) is 6.61 Å². The minimum atomic E-state index is -0.583. The Labute approximate surface area is 136 Å². The number of alkyl carbamates (subject to hydrolysis) is 1. The molecular weight excluding hydrogens is 300 g/mol. The van der Waals surface area contributed by atoms with Crippen LogP contribution < -0.4 is 10.6 Å². The van der Waals surface area contributed by atoms with E-state index in [2.05, 4.69) is 10.6 Å². The van der Waals surface area contributed by atoms with Crippen molar-refractivity contribution in [3.05, 3.63) is 30.3 Å². The predicted octanol–water partition coefficient (Wildman–Crippen LogP) is 2.67. The predicted molar refractivity (Wildman–Crippen MR) is 89.0 cm³/mol. The van der Waals surface area contributed by atoms with Crippen molar-refractivity contribution in [2.24, 2.45) is 5.92 Å². The molecule has 0 saturated carbocycles. The van der Waals surface area contributed by atoms with E-state index < -0.39 is 12.1 Å². The first-order valence-corrected chi connectivity index (χ1v) is 8.42. The molecule has 5 nitrogen and oxygen atoms in total. The summed E-state index contributed by atoms with van der Waals surface area (Å²) in [7, 11) is 0. The van der Waals surface area contributed by atoms with Crippen LogP contribution in [0.25, 0.3) is 0 Å². The lowest BCUT2D eigenvalue weighted by Gasteiger charge is -2.21. The van der Waals surface area contributed by atoms with Crippen molar-refractivity contribution in [3.63, 3.8) is 0 Å². The Morgan fingerprint density at radius 3 is 2.50 bits per heavy atom. The number of rotatable bonds is 8. The molecule has 1 atom stereocenters. The Morgan fingerprint density at radius 1 is 1.23 bits per heavy atom. The molecule has 1 rings (SSSR count). The normalized spacial score (nSPS) is 11.8. The molecule has 0 bridgehead atoms. The van der Waals surface area contributed by atoms with Gasteiger partial charge in [0.25, 0.3) is 0 Å². The Hall–Kier alpha value is -1.69. The van der Waals surface area contributed by atoms with E-state index in [1.165, 1.54) is 4.90 Å². The second-order valence-corrected chi connectivity index (χ2v) is 6.21. The van der Waals surface area contributed by atoms with E-state index in [9.17, 15) is 9.59 Å². The monoisotopic (exact) mass is 324 g/mol. The fraction of sp³-hybridized carbons (Fsp3) is 0.500. The summed E-state index contributed by atoms with van der Waals surface area (Å²) in [6.07, 6.45) is -0.560. The first-order valence-electron chi connectivity index (χ1n) is 7.43. The summed E-state index contributed by atoms with van der Waals surface area (Å²) >= 11 is 1.68. The highest BCUT2D eigenvalue weighted by atomic mass is 32.2. The average Bonchev–Trinajstić information content (AvgIpc) is 2.50. The SMILES string of the molecule is CCOC(=O)N[C@H](C(=O)NCCSc1ccccc1)C(C)C. The van der Waals surface area contributed by atoms with E-state index in [0.717, 1.165) is 5.75 Å². The number of hydrogen-bond acceptors (Lipinski definition) is 4. The zero-order valence-corrected chi connectivity index (χ0v) is 14.1. The van der Waals surface area contributed by atoms with Crippen molar-refractivity contribution in [2.45, 2.75) is 31.7 Å². The lowest BCUT2D eigenvalue weighted by Crippen LogP contribution is -2.50. The van der Waals surface area contributed by atoms with Gasteiger partial charge in [-0.25, -0.2) is 4.79 Å². The van der Waals surface area contributed by atoms with Crippen LogP contribution in [-0.4, -0.2) is 36.9 Å². The highest BCUT2D eigenvalue weighted by molar-refractivity contribution is 7.99. The zero-order valence-electron chi connectivity index (χ0n) is 13.3. The number of carbonyl (C=O) groups is 2. The number of amides is 2. The number of hydrogen-bond donors (Lipinski definition) is 2. The molecule has 0 aliphatic rings. The van der Waals surface area contributed by atoms with Crippen LogP contribution in [-0.2, 0) is 9.53 Å². The van der Waals surface area contributed by atoms with Crippen LogP contribution in [0, 0.1) is 5.92 Å². The molecule has 0 aliphatic heterocycles. The van der Waals surface area contributed by atoms with Gasteiger partial charge in [-0.15, -0.1) is 11.8 Å². The van der Waals surface area contributed by atoms with Gasteiger partial charge in [-0.1, -0.05) is 32.0 Å². The molecule has 122 valence electrons. The highest BCUT2D eigenvalue weighted by Crippen LogP contribution is 2.15. The lowest BCUT2D eigenvalue weighted by atomic mass is 10.0. The van der Waals surface area contributed by atoms with E-state index in [4.69, 9.17) is 4.74 Å². The van der Waals surface area contributed by atoms with E-state index in [-0.39, 0.29) is 18.4 Å². The third-order valence-corrected chi connectivity index (χ3v) is 3.92. The quantitative estimate of drug-likeness (QED) is 0.570. The summed E-state index contributed by atoms with van der Waals surface area (Å²) < 4.78 is 4.82. The maximum absolute atomic E-state index is 12.1. The summed E-state index contributed by atoms with van der Waals surface area (Å²) in [4.78, 5) is 24.8. The van der Waals surface area contributed by atoms with Crippen molar-refractivity contribution >= 4 is 23.8 Å². The molecule has 0 radical (unpaired) electrons. The first-order chi connectivity index (χ1) is 10.5.